The van der Waals surface area contributed by atoms with Crippen molar-refractivity contribution in [3.63, 3.8) is 0 Å². The quantitative estimate of drug-likeness (QED) is 0.593. The van der Waals surface area contributed by atoms with Gasteiger partial charge in [-0.1, -0.05) is 18.2 Å². The van der Waals surface area contributed by atoms with Crippen molar-refractivity contribution >= 4 is 29.4 Å². The molecule has 2 amide bonds. The summed E-state index contributed by atoms with van der Waals surface area (Å²) in [5.41, 5.74) is 1.91. The molecule has 2 bridgehead atoms. The lowest BCUT2D eigenvalue weighted by Gasteiger charge is -2.42. The van der Waals surface area contributed by atoms with Crippen molar-refractivity contribution in [2.24, 2.45) is 17.8 Å². The van der Waals surface area contributed by atoms with Gasteiger partial charge in [0.25, 0.3) is 0 Å². The molecule has 1 aromatic rings. The Kier molecular flexibility index (Phi) is 3.91. The van der Waals surface area contributed by atoms with Crippen LogP contribution in [-0.2, 0) is 28.7 Å². The fourth-order valence-corrected chi connectivity index (χ4v) is 4.40. The predicted octanol–water partition coefficient (Wildman–Crippen LogP) is 1.54. The second kappa shape index (κ2) is 6.04. The van der Waals surface area contributed by atoms with E-state index in [0.29, 0.717) is 11.3 Å². The first kappa shape index (κ1) is 17.5. The van der Waals surface area contributed by atoms with E-state index in [-0.39, 0.29) is 12.2 Å². The first-order valence-corrected chi connectivity index (χ1v) is 8.90. The molecule has 4 aliphatic rings. The maximum Gasteiger partial charge on any atom is 0.334 e. The number of anilines is 1. The summed E-state index contributed by atoms with van der Waals surface area (Å²) in [6.45, 7) is 5.28. The second-order valence-electron chi connectivity index (χ2n) is 7.00. The molecule has 2 saturated heterocycles. The maximum atomic E-state index is 13.2. The van der Waals surface area contributed by atoms with Crippen molar-refractivity contribution in [3.8, 4) is 0 Å². The SMILES string of the molecule is CCOC(=O)C1=C(C)[C@H]2OC(=O)[C@H]1[C@H]1C(=O)N(c3ccccc3C)C(=O)[C@H]12. The van der Waals surface area contributed by atoms with Crippen molar-refractivity contribution in [2.45, 2.75) is 26.9 Å². The van der Waals surface area contributed by atoms with Crippen LogP contribution in [0.25, 0.3) is 0 Å². The Balaban J connectivity index is 1.82. The number of amides is 2. The summed E-state index contributed by atoms with van der Waals surface area (Å²) in [6.07, 6.45) is -0.919. The van der Waals surface area contributed by atoms with Crippen LogP contribution in [0.2, 0.25) is 0 Å². The van der Waals surface area contributed by atoms with Crippen LogP contribution >= 0.6 is 0 Å². The standard InChI is InChI=1S/C20H19NO6/c1-4-26-19(24)12-10(3)16-15-13(14(12)20(25)27-16)17(22)21(18(15)23)11-8-6-5-7-9(11)2/h5-8,13-16H,4H2,1-3H3/t13-,14-,15-,16-/m1/s1. The van der Waals surface area contributed by atoms with E-state index in [2.05, 4.69) is 0 Å². The Morgan fingerprint density at radius 2 is 1.78 bits per heavy atom. The molecule has 4 atom stereocenters. The number of hydrogen-bond acceptors (Lipinski definition) is 6. The fraction of sp³-hybridized carbons (Fsp3) is 0.400. The number of carbonyl (C=O) groups excluding carboxylic acids is 4. The van der Waals surface area contributed by atoms with E-state index >= 15 is 0 Å². The molecule has 3 heterocycles. The molecule has 7 nitrogen and oxygen atoms in total. The minimum Gasteiger partial charge on any atom is -0.463 e. The second-order valence-corrected chi connectivity index (χ2v) is 7.00. The summed E-state index contributed by atoms with van der Waals surface area (Å²) in [4.78, 5) is 52.4. The number of carbonyl (C=O) groups is 4. The summed E-state index contributed by atoms with van der Waals surface area (Å²) in [5.74, 6) is -5.00. The van der Waals surface area contributed by atoms with E-state index < -0.39 is 47.6 Å². The summed E-state index contributed by atoms with van der Waals surface area (Å²) >= 11 is 0. The van der Waals surface area contributed by atoms with Gasteiger partial charge in [0.2, 0.25) is 11.8 Å². The Morgan fingerprint density at radius 3 is 2.44 bits per heavy atom. The zero-order chi connectivity index (χ0) is 19.5. The Labute approximate surface area is 155 Å². The number of nitrogens with zero attached hydrogens (tertiary/aromatic N) is 1. The lowest BCUT2D eigenvalue weighted by atomic mass is 9.66. The monoisotopic (exact) mass is 369 g/mol. The molecule has 1 aliphatic carbocycles. The van der Waals surface area contributed by atoms with Crippen LogP contribution in [0, 0.1) is 24.7 Å². The largest absolute Gasteiger partial charge is 0.463 e. The number of hydrogen-bond donors (Lipinski definition) is 0. The van der Waals surface area contributed by atoms with E-state index in [1.54, 1.807) is 26.0 Å². The van der Waals surface area contributed by atoms with Gasteiger partial charge in [-0.3, -0.25) is 14.4 Å². The third-order valence-electron chi connectivity index (χ3n) is 5.59. The highest BCUT2D eigenvalue weighted by Crippen LogP contribution is 2.51. The lowest BCUT2D eigenvalue weighted by molar-refractivity contribution is -0.173. The van der Waals surface area contributed by atoms with E-state index in [1.165, 1.54) is 0 Å². The summed E-state index contributed by atoms with van der Waals surface area (Å²) in [5, 5.41) is 0. The first-order valence-electron chi connectivity index (χ1n) is 8.90. The number of para-hydroxylation sites is 1. The third kappa shape index (κ3) is 2.27. The zero-order valence-electron chi connectivity index (χ0n) is 15.2. The van der Waals surface area contributed by atoms with Gasteiger partial charge < -0.3 is 9.47 Å². The number of ether oxygens (including phenoxy) is 2. The normalized spacial score (nSPS) is 29.1. The zero-order valence-corrected chi connectivity index (χ0v) is 15.2. The molecule has 27 heavy (non-hydrogen) atoms. The van der Waals surface area contributed by atoms with Crippen molar-refractivity contribution in [2.75, 3.05) is 11.5 Å². The smallest absolute Gasteiger partial charge is 0.334 e. The van der Waals surface area contributed by atoms with Gasteiger partial charge in [0.1, 0.15) is 12.0 Å². The van der Waals surface area contributed by atoms with Gasteiger partial charge in [0.05, 0.1) is 29.7 Å². The van der Waals surface area contributed by atoms with Crippen LogP contribution in [0.15, 0.2) is 35.4 Å². The van der Waals surface area contributed by atoms with Gasteiger partial charge in [0.15, 0.2) is 0 Å². The van der Waals surface area contributed by atoms with Gasteiger partial charge in [-0.15, -0.1) is 0 Å². The number of rotatable bonds is 3. The molecule has 0 spiro atoms. The Hall–Kier alpha value is -2.96. The molecule has 0 N–H and O–H groups in total. The highest BCUT2D eigenvalue weighted by atomic mass is 16.6. The van der Waals surface area contributed by atoms with Crippen LogP contribution in [0.4, 0.5) is 5.69 Å². The molecule has 140 valence electrons. The van der Waals surface area contributed by atoms with Crippen LogP contribution in [0.3, 0.4) is 0 Å². The van der Waals surface area contributed by atoms with Crippen molar-refractivity contribution in [3.05, 3.63) is 41.0 Å². The topological polar surface area (TPSA) is 90.0 Å². The molecular weight excluding hydrogens is 350 g/mol. The molecule has 1 aromatic carbocycles. The van der Waals surface area contributed by atoms with Crippen LogP contribution in [0.5, 0.6) is 0 Å². The number of benzene rings is 1. The molecule has 0 aromatic heterocycles. The molecule has 0 radical (unpaired) electrons. The maximum absolute atomic E-state index is 13.2. The fourth-order valence-electron chi connectivity index (χ4n) is 4.40. The average Bonchev–Trinajstić information content (AvgIpc) is 2.89. The number of aryl methyl sites for hydroxylation is 1. The van der Waals surface area contributed by atoms with Gasteiger partial charge in [-0.2, -0.15) is 0 Å². The summed E-state index contributed by atoms with van der Waals surface area (Å²) in [7, 11) is 0. The number of imide groups is 1. The van der Waals surface area contributed by atoms with Gasteiger partial charge in [0, 0.05) is 0 Å². The molecule has 7 heteroatoms. The number of esters is 2. The molecule has 0 unspecified atom stereocenters. The molecule has 3 aliphatic heterocycles. The van der Waals surface area contributed by atoms with Gasteiger partial charge in [-0.25, -0.2) is 9.69 Å². The van der Waals surface area contributed by atoms with Crippen molar-refractivity contribution in [1.29, 1.82) is 0 Å². The van der Waals surface area contributed by atoms with E-state index in [4.69, 9.17) is 9.47 Å². The van der Waals surface area contributed by atoms with E-state index in [9.17, 15) is 19.2 Å². The molecule has 5 rings (SSSR count). The van der Waals surface area contributed by atoms with Gasteiger partial charge in [-0.05, 0) is 38.0 Å². The van der Waals surface area contributed by atoms with E-state index in [1.807, 2.05) is 19.1 Å². The van der Waals surface area contributed by atoms with Crippen LogP contribution in [0.1, 0.15) is 19.4 Å². The molecular formula is C20H19NO6. The summed E-state index contributed by atoms with van der Waals surface area (Å²) < 4.78 is 10.5. The van der Waals surface area contributed by atoms with Crippen LogP contribution < -0.4 is 4.90 Å². The Morgan fingerprint density at radius 1 is 1.11 bits per heavy atom. The summed E-state index contributed by atoms with van der Waals surface area (Å²) in [6, 6.07) is 7.06. The average molecular weight is 369 g/mol. The van der Waals surface area contributed by atoms with E-state index in [0.717, 1.165) is 10.5 Å². The van der Waals surface area contributed by atoms with Crippen molar-refractivity contribution in [1.82, 2.24) is 0 Å². The predicted molar refractivity (Wildman–Crippen MR) is 93.4 cm³/mol. The third-order valence-corrected chi connectivity index (χ3v) is 5.59. The Bertz CT molecular complexity index is 917. The van der Waals surface area contributed by atoms with Crippen molar-refractivity contribution < 1.29 is 28.7 Å². The lowest BCUT2D eigenvalue weighted by Crippen LogP contribution is -2.54. The minimum absolute atomic E-state index is 0.151. The minimum atomic E-state index is -1.11. The number of fused-ring (bicyclic) bond motifs is 1. The highest BCUT2D eigenvalue weighted by molar-refractivity contribution is 6.25. The van der Waals surface area contributed by atoms with Gasteiger partial charge >= 0.3 is 11.9 Å². The molecule has 2 fully saturated rings. The first-order chi connectivity index (χ1) is 12.9. The highest BCUT2D eigenvalue weighted by Gasteiger charge is 2.66. The van der Waals surface area contributed by atoms with Crippen LogP contribution in [-0.4, -0.2) is 36.5 Å². The molecule has 0 saturated carbocycles.